The van der Waals surface area contributed by atoms with E-state index in [0.29, 0.717) is 16.7 Å². The molecular weight excluding hydrogens is 356 g/mol. The van der Waals surface area contributed by atoms with Crippen molar-refractivity contribution in [2.45, 2.75) is 5.16 Å². The average molecular weight is 376 g/mol. The highest BCUT2D eigenvalue weighted by molar-refractivity contribution is 7.99. The fraction of sp³-hybridized carbons (Fsp3) is 0.438. The highest BCUT2D eigenvalue weighted by atomic mass is 32.2. The van der Waals surface area contributed by atoms with Gasteiger partial charge in [-0.1, -0.05) is 11.8 Å². The third kappa shape index (κ3) is 4.02. The Morgan fingerprint density at radius 2 is 1.81 bits per heavy atom. The van der Waals surface area contributed by atoms with Crippen molar-refractivity contribution < 1.29 is 9.72 Å². The summed E-state index contributed by atoms with van der Waals surface area (Å²) < 4.78 is 1.79. The molecule has 1 saturated heterocycles. The Hall–Kier alpha value is -2.46. The van der Waals surface area contributed by atoms with Crippen LogP contribution in [0.2, 0.25) is 0 Å². The van der Waals surface area contributed by atoms with Crippen LogP contribution in [0.4, 0.5) is 5.69 Å². The first kappa shape index (κ1) is 18.3. The summed E-state index contributed by atoms with van der Waals surface area (Å²) in [6, 6.07) is 6.17. The Kier molecular flexibility index (Phi) is 5.52. The summed E-state index contributed by atoms with van der Waals surface area (Å²) in [5.41, 5.74) is 0.770. The molecule has 1 amide bonds. The quantitative estimate of drug-likeness (QED) is 0.440. The van der Waals surface area contributed by atoms with Gasteiger partial charge in [0.05, 0.1) is 10.7 Å². The van der Waals surface area contributed by atoms with E-state index in [-0.39, 0.29) is 11.6 Å². The van der Waals surface area contributed by atoms with Gasteiger partial charge in [-0.3, -0.25) is 14.9 Å². The molecule has 0 saturated carbocycles. The molecule has 0 atom stereocenters. The van der Waals surface area contributed by atoms with Crippen molar-refractivity contribution in [3.05, 3.63) is 34.4 Å². The topological polar surface area (TPSA) is 97.4 Å². The first-order valence-corrected chi connectivity index (χ1v) is 9.17. The Bertz CT molecular complexity index is 799. The van der Waals surface area contributed by atoms with Crippen LogP contribution in [0.15, 0.2) is 29.4 Å². The van der Waals surface area contributed by atoms with Gasteiger partial charge in [0, 0.05) is 50.9 Å². The van der Waals surface area contributed by atoms with Gasteiger partial charge in [-0.2, -0.15) is 0 Å². The molecule has 1 aliphatic rings. The van der Waals surface area contributed by atoms with Gasteiger partial charge in [-0.15, -0.1) is 10.2 Å². The van der Waals surface area contributed by atoms with Crippen LogP contribution in [0.1, 0.15) is 0 Å². The van der Waals surface area contributed by atoms with Crippen LogP contribution in [-0.4, -0.2) is 74.4 Å². The van der Waals surface area contributed by atoms with Crippen LogP contribution >= 0.6 is 11.8 Å². The van der Waals surface area contributed by atoms with Gasteiger partial charge >= 0.3 is 0 Å². The van der Waals surface area contributed by atoms with Gasteiger partial charge in [0.25, 0.3) is 5.69 Å². The van der Waals surface area contributed by atoms with Crippen LogP contribution in [0, 0.1) is 10.1 Å². The van der Waals surface area contributed by atoms with Gasteiger partial charge < -0.3 is 14.4 Å². The maximum absolute atomic E-state index is 12.3. The molecule has 1 aliphatic heterocycles. The van der Waals surface area contributed by atoms with E-state index < -0.39 is 4.92 Å². The number of rotatable bonds is 5. The summed E-state index contributed by atoms with van der Waals surface area (Å²) in [6.07, 6.45) is 0. The molecule has 0 bridgehead atoms. The van der Waals surface area contributed by atoms with Crippen LogP contribution < -0.4 is 0 Å². The molecule has 1 aromatic heterocycles. The van der Waals surface area contributed by atoms with Gasteiger partial charge in [0.15, 0.2) is 11.0 Å². The zero-order chi connectivity index (χ0) is 18.7. The van der Waals surface area contributed by atoms with Crippen molar-refractivity contribution in [2.24, 2.45) is 7.05 Å². The fourth-order valence-electron chi connectivity index (χ4n) is 2.70. The normalized spacial score (nSPS) is 15.2. The molecule has 1 fully saturated rings. The molecule has 2 aromatic rings. The number of piperazine rings is 1. The predicted molar refractivity (Wildman–Crippen MR) is 97.9 cm³/mol. The second-order valence-corrected chi connectivity index (χ2v) is 7.08. The Morgan fingerprint density at radius 1 is 1.15 bits per heavy atom. The first-order chi connectivity index (χ1) is 12.5. The Labute approximate surface area is 155 Å². The molecule has 0 radical (unpaired) electrons. The summed E-state index contributed by atoms with van der Waals surface area (Å²) in [5, 5.41) is 19.7. The maximum Gasteiger partial charge on any atom is 0.269 e. The minimum absolute atomic E-state index is 0.0308. The fourth-order valence-corrected chi connectivity index (χ4v) is 3.51. The number of aromatic nitrogens is 3. The van der Waals surface area contributed by atoms with E-state index in [9.17, 15) is 14.9 Å². The number of nitro groups is 1. The lowest BCUT2D eigenvalue weighted by Crippen LogP contribution is -2.47. The van der Waals surface area contributed by atoms with Crippen molar-refractivity contribution in [1.82, 2.24) is 24.6 Å². The number of likely N-dealkylation sites (N-methyl/N-ethyl adjacent to an activating group) is 1. The van der Waals surface area contributed by atoms with Crippen molar-refractivity contribution in [3.63, 3.8) is 0 Å². The van der Waals surface area contributed by atoms with Crippen LogP contribution in [0.3, 0.4) is 0 Å². The van der Waals surface area contributed by atoms with Crippen molar-refractivity contribution >= 4 is 23.4 Å². The zero-order valence-electron chi connectivity index (χ0n) is 14.7. The number of nitro benzene ring substituents is 1. The smallest absolute Gasteiger partial charge is 0.269 e. The lowest BCUT2D eigenvalue weighted by Gasteiger charge is -2.32. The van der Waals surface area contributed by atoms with E-state index in [2.05, 4.69) is 22.1 Å². The van der Waals surface area contributed by atoms with E-state index in [1.54, 1.807) is 16.7 Å². The monoisotopic (exact) mass is 376 g/mol. The molecule has 10 heteroatoms. The van der Waals surface area contributed by atoms with E-state index in [1.807, 2.05) is 11.9 Å². The lowest BCUT2D eigenvalue weighted by molar-refractivity contribution is -0.384. The Morgan fingerprint density at radius 3 is 2.42 bits per heavy atom. The molecule has 0 aliphatic carbocycles. The SMILES string of the molecule is CN1CCN(C(=O)CSc2nnc(-c3ccc([N+](=O)[O-])cc3)n2C)CC1. The first-order valence-electron chi connectivity index (χ1n) is 8.19. The van der Waals surface area contributed by atoms with Crippen LogP contribution in [0.25, 0.3) is 11.4 Å². The number of hydrogen-bond donors (Lipinski definition) is 0. The van der Waals surface area contributed by atoms with Gasteiger partial charge in [0.2, 0.25) is 5.91 Å². The highest BCUT2D eigenvalue weighted by Gasteiger charge is 2.20. The standard InChI is InChI=1S/C16H20N6O3S/c1-19-7-9-21(10-8-19)14(23)11-26-16-18-17-15(20(16)2)12-3-5-13(6-4-12)22(24)25/h3-6H,7-11H2,1-2H3. The molecule has 2 heterocycles. The minimum atomic E-state index is -0.439. The summed E-state index contributed by atoms with van der Waals surface area (Å²) in [4.78, 5) is 26.7. The summed E-state index contributed by atoms with van der Waals surface area (Å²) >= 11 is 1.35. The van der Waals surface area contributed by atoms with Crippen molar-refractivity contribution in [2.75, 3.05) is 39.0 Å². The second kappa shape index (κ2) is 7.83. The van der Waals surface area contributed by atoms with Gasteiger partial charge in [-0.05, 0) is 19.2 Å². The lowest BCUT2D eigenvalue weighted by atomic mass is 10.2. The number of hydrogen-bond acceptors (Lipinski definition) is 7. The van der Waals surface area contributed by atoms with Crippen LogP contribution in [0.5, 0.6) is 0 Å². The summed E-state index contributed by atoms with van der Waals surface area (Å²) in [6.45, 7) is 3.29. The average Bonchev–Trinajstić information content (AvgIpc) is 3.01. The molecule has 3 rings (SSSR count). The van der Waals surface area contributed by atoms with Gasteiger partial charge in [0.1, 0.15) is 0 Å². The number of nitrogens with zero attached hydrogens (tertiary/aromatic N) is 6. The maximum atomic E-state index is 12.3. The number of thioether (sulfide) groups is 1. The van der Waals surface area contributed by atoms with E-state index in [1.165, 1.54) is 23.9 Å². The number of carbonyl (C=O) groups excluding carboxylic acids is 1. The number of benzene rings is 1. The van der Waals surface area contributed by atoms with Crippen molar-refractivity contribution in [1.29, 1.82) is 0 Å². The summed E-state index contributed by atoms with van der Waals surface area (Å²) in [5.74, 6) is 1.02. The summed E-state index contributed by atoms with van der Waals surface area (Å²) in [7, 11) is 3.87. The van der Waals surface area contributed by atoms with E-state index in [0.717, 1.165) is 31.7 Å². The van der Waals surface area contributed by atoms with Gasteiger partial charge in [-0.25, -0.2) is 0 Å². The third-order valence-electron chi connectivity index (χ3n) is 4.35. The molecule has 0 spiro atoms. The molecule has 0 N–H and O–H groups in total. The minimum Gasteiger partial charge on any atom is -0.339 e. The number of carbonyl (C=O) groups is 1. The molecule has 9 nitrogen and oxygen atoms in total. The number of amides is 1. The third-order valence-corrected chi connectivity index (χ3v) is 5.36. The zero-order valence-corrected chi connectivity index (χ0v) is 15.5. The highest BCUT2D eigenvalue weighted by Crippen LogP contribution is 2.24. The van der Waals surface area contributed by atoms with Crippen molar-refractivity contribution in [3.8, 4) is 11.4 Å². The molecular formula is C16H20N6O3S. The number of non-ortho nitro benzene ring substituents is 1. The Balaban J connectivity index is 1.63. The molecule has 138 valence electrons. The molecule has 1 aromatic carbocycles. The largest absolute Gasteiger partial charge is 0.339 e. The predicted octanol–water partition coefficient (Wildman–Crippen LogP) is 1.26. The molecule has 26 heavy (non-hydrogen) atoms. The molecule has 0 unspecified atom stereocenters. The van der Waals surface area contributed by atoms with Crippen LogP contribution in [-0.2, 0) is 11.8 Å². The second-order valence-electron chi connectivity index (χ2n) is 6.14. The van der Waals surface area contributed by atoms with E-state index >= 15 is 0 Å². The van der Waals surface area contributed by atoms with E-state index in [4.69, 9.17) is 0 Å².